The summed E-state index contributed by atoms with van der Waals surface area (Å²) < 4.78 is 16.6. The number of esters is 3. The van der Waals surface area contributed by atoms with Crippen LogP contribution in [0.1, 0.15) is 226 Å². The first-order valence-electron chi connectivity index (χ1n) is 23.8. The number of carbonyl (C=O) groups is 3. The second kappa shape index (κ2) is 45.8. The number of allylic oxidation sites excluding steroid dienone is 10. The minimum atomic E-state index is -0.781. The fraction of sp³-hybridized carbons (Fsp3) is 0.745. The highest BCUT2D eigenvalue weighted by Crippen LogP contribution is 2.13. The van der Waals surface area contributed by atoms with Gasteiger partial charge in [0, 0.05) is 19.3 Å². The summed E-state index contributed by atoms with van der Waals surface area (Å²) >= 11 is 0. The first kappa shape index (κ1) is 54.1. The quantitative estimate of drug-likeness (QED) is 0.0265. The van der Waals surface area contributed by atoms with E-state index in [9.17, 15) is 14.4 Å². The topological polar surface area (TPSA) is 78.9 Å². The molecule has 0 aromatic carbocycles. The molecule has 1 atom stereocenters. The van der Waals surface area contributed by atoms with E-state index in [4.69, 9.17) is 14.2 Å². The average Bonchev–Trinajstić information content (AvgIpc) is 3.21. The molecule has 328 valence electrons. The second-order valence-corrected chi connectivity index (χ2v) is 15.6. The van der Waals surface area contributed by atoms with Crippen molar-refractivity contribution in [2.75, 3.05) is 13.2 Å². The van der Waals surface area contributed by atoms with Crippen LogP contribution in [0.15, 0.2) is 60.8 Å². The Hall–Kier alpha value is -2.89. The van der Waals surface area contributed by atoms with Crippen LogP contribution >= 0.6 is 0 Å². The van der Waals surface area contributed by atoms with Crippen LogP contribution in [0.4, 0.5) is 0 Å². The molecule has 57 heavy (non-hydrogen) atoms. The van der Waals surface area contributed by atoms with Crippen LogP contribution in [0.3, 0.4) is 0 Å². The summed E-state index contributed by atoms with van der Waals surface area (Å²) in [5.41, 5.74) is 0. The van der Waals surface area contributed by atoms with Crippen LogP contribution in [0, 0.1) is 0 Å². The van der Waals surface area contributed by atoms with Crippen molar-refractivity contribution in [3.63, 3.8) is 0 Å². The summed E-state index contributed by atoms with van der Waals surface area (Å²) in [6.45, 7) is 6.40. The summed E-state index contributed by atoms with van der Waals surface area (Å²) in [5, 5.41) is 0. The predicted molar refractivity (Wildman–Crippen MR) is 242 cm³/mol. The van der Waals surface area contributed by atoms with Crippen molar-refractivity contribution >= 4 is 17.9 Å². The molecule has 0 aliphatic rings. The van der Waals surface area contributed by atoms with Gasteiger partial charge >= 0.3 is 17.9 Å². The lowest BCUT2D eigenvalue weighted by molar-refractivity contribution is -0.167. The zero-order valence-corrected chi connectivity index (χ0v) is 37.3. The molecule has 0 rings (SSSR count). The van der Waals surface area contributed by atoms with Crippen molar-refractivity contribution < 1.29 is 28.6 Å². The number of ether oxygens (including phenoxy) is 3. The lowest BCUT2D eigenvalue weighted by Gasteiger charge is -2.18. The van der Waals surface area contributed by atoms with E-state index in [1.807, 2.05) is 0 Å². The summed E-state index contributed by atoms with van der Waals surface area (Å²) in [6.07, 6.45) is 55.2. The molecule has 1 unspecified atom stereocenters. The molecule has 0 saturated heterocycles. The van der Waals surface area contributed by atoms with Crippen LogP contribution < -0.4 is 0 Å². The van der Waals surface area contributed by atoms with Crippen LogP contribution in [-0.4, -0.2) is 37.2 Å². The molecule has 0 aliphatic carbocycles. The fourth-order valence-corrected chi connectivity index (χ4v) is 6.43. The maximum Gasteiger partial charge on any atom is 0.306 e. The first-order valence-corrected chi connectivity index (χ1v) is 23.8. The molecule has 0 aromatic rings. The van der Waals surface area contributed by atoms with E-state index in [1.54, 1.807) is 0 Å². The SMILES string of the molecule is CC/C=C\C/C=C\C/C=C\C/C=C\CCCCCCC(=O)OCC(COC(=O)CCCCCCC)OC(=O)CCCCCCCCC/C=C\CCCCCCCC. The van der Waals surface area contributed by atoms with Gasteiger partial charge in [-0.2, -0.15) is 0 Å². The van der Waals surface area contributed by atoms with Gasteiger partial charge in [0.2, 0.25) is 0 Å². The van der Waals surface area contributed by atoms with E-state index >= 15 is 0 Å². The molecular weight excluding hydrogens is 709 g/mol. The van der Waals surface area contributed by atoms with Gasteiger partial charge in [-0.3, -0.25) is 14.4 Å². The minimum Gasteiger partial charge on any atom is -0.462 e. The standard InChI is InChI=1S/C51H88O6/c1-4-7-10-13-15-17-19-21-23-25-27-29-31-33-35-38-41-44-50(53)56-47-48(46-55-49(52)43-40-37-12-9-6-3)57-51(54)45-42-39-36-34-32-30-28-26-24-22-20-18-16-14-11-8-5-2/h7,10,15,17,21-24,27,29,48H,4-6,8-9,11-14,16,18-20,25-26,28,30-47H2,1-3H3/b10-7-,17-15-,23-21-,24-22-,29-27-. The molecule has 0 aromatic heterocycles. The van der Waals surface area contributed by atoms with Gasteiger partial charge in [-0.05, 0) is 83.5 Å². The average molecular weight is 797 g/mol. The van der Waals surface area contributed by atoms with E-state index in [0.717, 1.165) is 103 Å². The van der Waals surface area contributed by atoms with E-state index in [-0.39, 0.29) is 31.1 Å². The molecule has 6 heteroatoms. The fourth-order valence-electron chi connectivity index (χ4n) is 6.43. The third kappa shape index (κ3) is 44.1. The van der Waals surface area contributed by atoms with Gasteiger partial charge < -0.3 is 14.2 Å². The number of hydrogen-bond acceptors (Lipinski definition) is 6. The maximum atomic E-state index is 12.7. The molecular formula is C51H88O6. The Morgan fingerprint density at radius 3 is 1.09 bits per heavy atom. The first-order chi connectivity index (χ1) is 28.0. The predicted octanol–water partition coefficient (Wildman–Crippen LogP) is 15.3. The minimum absolute atomic E-state index is 0.0850. The molecule has 0 amide bonds. The Morgan fingerprint density at radius 2 is 0.684 bits per heavy atom. The third-order valence-electron chi connectivity index (χ3n) is 10.0. The summed E-state index contributed by atoms with van der Waals surface area (Å²) in [5.74, 6) is -0.928. The van der Waals surface area contributed by atoms with E-state index < -0.39 is 6.10 Å². The molecule has 0 fully saturated rings. The summed E-state index contributed by atoms with van der Waals surface area (Å²) in [4.78, 5) is 37.6. The molecule has 0 spiro atoms. The van der Waals surface area contributed by atoms with Crippen molar-refractivity contribution in [1.29, 1.82) is 0 Å². The van der Waals surface area contributed by atoms with Crippen molar-refractivity contribution in [1.82, 2.24) is 0 Å². The summed E-state index contributed by atoms with van der Waals surface area (Å²) in [7, 11) is 0. The molecule has 0 saturated carbocycles. The molecule has 0 heterocycles. The number of unbranched alkanes of at least 4 members (excludes halogenated alkanes) is 21. The molecule has 0 aliphatic heterocycles. The van der Waals surface area contributed by atoms with Gasteiger partial charge in [-0.15, -0.1) is 0 Å². The maximum absolute atomic E-state index is 12.7. The Labute approximate surface area is 351 Å². The largest absolute Gasteiger partial charge is 0.462 e. The van der Waals surface area contributed by atoms with Gasteiger partial charge in [0.15, 0.2) is 6.10 Å². The molecule has 0 radical (unpaired) electrons. The van der Waals surface area contributed by atoms with Gasteiger partial charge in [0.1, 0.15) is 13.2 Å². The zero-order valence-electron chi connectivity index (χ0n) is 37.3. The Balaban J connectivity index is 4.25. The number of rotatable bonds is 42. The van der Waals surface area contributed by atoms with Crippen molar-refractivity contribution in [3.05, 3.63) is 60.8 Å². The lowest BCUT2D eigenvalue weighted by Crippen LogP contribution is -2.30. The van der Waals surface area contributed by atoms with Crippen LogP contribution in [0.5, 0.6) is 0 Å². The normalized spacial score (nSPS) is 12.5. The van der Waals surface area contributed by atoms with Gasteiger partial charge in [-0.1, -0.05) is 184 Å². The lowest BCUT2D eigenvalue weighted by atomic mass is 10.1. The van der Waals surface area contributed by atoms with E-state index in [2.05, 4.69) is 81.5 Å². The van der Waals surface area contributed by atoms with Crippen molar-refractivity contribution in [2.45, 2.75) is 232 Å². The highest BCUT2D eigenvalue weighted by molar-refractivity contribution is 5.71. The van der Waals surface area contributed by atoms with Gasteiger partial charge in [-0.25, -0.2) is 0 Å². The van der Waals surface area contributed by atoms with E-state index in [1.165, 1.54) is 83.5 Å². The van der Waals surface area contributed by atoms with Gasteiger partial charge in [0.05, 0.1) is 0 Å². The number of carbonyl (C=O) groups excluding carboxylic acids is 3. The highest BCUT2D eigenvalue weighted by Gasteiger charge is 2.19. The Bertz CT molecular complexity index is 1050. The molecule has 6 nitrogen and oxygen atoms in total. The van der Waals surface area contributed by atoms with Crippen LogP contribution in [0.2, 0.25) is 0 Å². The molecule has 0 N–H and O–H groups in total. The monoisotopic (exact) mass is 797 g/mol. The Morgan fingerprint density at radius 1 is 0.368 bits per heavy atom. The smallest absolute Gasteiger partial charge is 0.306 e. The summed E-state index contributed by atoms with van der Waals surface area (Å²) in [6, 6.07) is 0. The van der Waals surface area contributed by atoms with Crippen LogP contribution in [-0.2, 0) is 28.6 Å². The highest BCUT2D eigenvalue weighted by atomic mass is 16.6. The van der Waals surface area contributed by atoms with Crippen LogP contribution in [0.25, 0.3) is 0 Å². The zero-order chi connectivity index (χ0) is 41.5. The third-order valence-corrected chi connectivity index (χ3v) is 10.0. The second-order valence-electron chi connectivity index (χ2n) is 15.6. The molecule has 0 bridgehead atoms. The van der Waals surface area contributed by atoms with Crippen molar-refractivity contribution in [2.24, 2.45) is 0 Å². The Kier molecular flexibility index (Phi) is 43.5. The van der Waals surface area contributed by atoms with Crippen molar-refractivity contribution in [3.8, 4) is 0 Å². The van der Waals surface area contributed by atoms with Gasteiger partial charge in [0.25, 0.3) is 0 Å². The number of hydrogen-bond donors (Lipinski definition) is 0. The van der Waals surface area contributed by atoms with E-state index in [0.29, 0.717) is 19.3 Å².